The minimum atomic E-state index is -3.72. The number of carbonyl (C=O) groups is 1. The molecule has 0 bridgehead atoms. The van der Waals surface area contributed by atoms with Crippen LogP contribution in [0.5, 0.6) is 0 Å². The average molecular weight is 289 g/mol. The molecule has 0 aliphatic heterocycles. The standard InChI is InChI=1S/C11H19N3O4S/c1-3-4-14(5-6-15)19(17,18)9-7-10(11(12)16)13(2)8-9/h7-8,15H,3-6H2,1-2H3,(H2,12,16). The molecule has 1 rings (SSSR count). The second-order valence-corrected chi connectivity index (χ2v) is 6.10. The molecule has 0 aliphatic rings. The van der Waals surface area contributed by atoms with Crippen LogP contribution in [0.1, 0.15) is 23.8 Å². The number of sulfonamides is 1. The van der Waals surface area contributed by atoms with Gasteiger partial charge in [0.1, 0.15) is 10.6 Å². The summed E-state index contributed by atoms with van der Waals surface area (Å²) in [5.41, 5.74) is 5.28. The normalized spacial score (nSPS) is 12.0. The van der Waals surface area contributed by atoms with Crippen molar-refractivity contribution in [2.45, 2.75) is 18.2 Å². The number of nitrogens with two attached hydrogens (primary N) is 1. The molecule has 0 unspecified atom stereocenters. The van der Waals surface area contributed by atoms with Gasteiger partial charge in [0, 0.05) is 26.3 Å². The second kappa shape index (κ2) is 6.18. The maximum Gasteiger partial charge on any atom is 0.265 e. The van der Waals surface area contributed by atoms with E-state index in [9.17, 15) is 13.2 Å². The van der Waals surface area contributed by atoms with Crippen LogP contribution >= 0.6 is 0 Å². The number of rotatable bonds is 7. The Hall–Kier alpha value is -1.38. The van der Waals surface area contributed by atoms with Crippen LogP contribution in [0.25, 0.3) is 0 Å². The van der Waals surface area contributed by atoms with Gasteiger partial charge in [-0.15, -0.1) is 0 Å². The number of aryl methyl sites for hydroxylation is 1. The third kappa shape index (κ3) is 3.34. The van der Waals surface area contributed by atoms with Gasteiger partial charge in [-0.05, 0) is 12.5 Å². The van der Waals surface area contributed by atoms with Crippen molar-refractivity contribution in [2.75, 3.05) is 19.7 Å². The number of carbonyl (C=O) groups excluding carboxylic acids is 1. The molecule has 0 spiro atoms. The second-order valence-electron chi connectivity index (χ2n) is 4.16. The van der Waals surface area contributed by atoms with Crippen molar-refractivity contribution in [3.8, 4) is 0 Å². The van der Waals surface area contributed by atoms with Gasteiger partial charge in [-0.3, -0.25) is 4.79 Å². The van der Waals surface area contributed by atoms with Crippen molar-refractivity contribution in [1.82, 2.24) is 8.87 Å². The Morgan fingerprint density at radius 2 is 2.11 bits per heavy atom. The Kier molecular flexibility index (Phi) is 5.10. The summed E-state index contributed by atoms with van der Waals surface area (Å²) in [6, 6.07) is 1.25. The Balaban J connectivity index is 3.17. The summed E-state index contributed by atoms with van der Waals surface area (Å²) in [5.74, 6) is -0.687. The SMILES string of the molecule is CCCN(CCO)S(=O)(=O)c1cc(C(N)=O)n(C)c1. The molecule has 19 heavy (non-hydrogen) atoms. The molecule has 0 atom stereocenters. The first-order chi connectivity index (χ1) is 8.84. The van der Waals surface area contributed by atoms with E-state index in [0.717, 1.165) is 0 Å². The largest absolute Gasteiger partial charge is 0.395 e. The number of aliphatic hydroxyl groups excluding tert-OH is 1. The topological polar surface area (TPSA) is 106 Å². The van der Waals surface area contributed by atoms with Gasteiger partial charge < -0.3 is 15.4 Å². The highest BCUT2D eigenvalue weighted by atomic mass is 32.2. The lowest BCUT2D eigenvalue weighted by atomic mass is 10.4. The van der Waals surface area contributed by atoms with Crippen molar-refractivity contribution in [3.05, 3.63) is 18.0 Å². The van der Waals surface area contributed by atoms with Gasteiger partial charge in [-0.2, -0.15) is 4.31 Å². The molecule has 0 fully saturated rings. The summed E-state index contributed by atoms with van der Waals surface area (Å²) in [6.07, 6.45) is 1.98. The fourth-order valence-electron chi connectivity index (χ4n) is 1.78. The molecule has 8 heteroatoms. The van der Waals surface area contributed by atoms with Crippen molar-refractivity contribution >= 4 is 15.9 Å². The first-order valence-corrected chi connectivity index (χ1v) is 7.35. The van der Waals surface area contributed by atoms with Crippen molar-refractivity contribution in [2.24, 2.45) is 12.8 Å². The summed E-state index contributed by atoms with van der Waals surface area (Å²) >= 11 is 0. The maximum absolute atomic E-state index is 12.3. The van der Waals surface area contributed by atoms with Gasteiger partial charge in [-0.1, -0.05) is 6.92 Å². The predicted octanol–water partition coefficient (Wildman–Crippen LogP) is -0.483. The van der Waals surface area contributed by atoms with E-state index in [1.807, 2.05) is 6.92 Å². The molecule has 0 aliphatic carbocycles. The number of aliphatic hydroxyl groups is 1. The maximum atomic E-state index is 12.3. The van der Waals surface area contributed by atoms with E-state index in [-0.39, 0.29) is 23.7 Å². The number of nitrogens with zero attached hydrogens (tertiary/aromatic N) is 2. The lowest BCUT2D eigenvalue weighted by Crippen LogP contribution is -2.34. The van der Waals surface area contributed by atoms with E-state index in [1.54, 1.807) is 7.05 Å². The van der Waals surface area contributed by atoms with Crippen LogP contribution < -0.4 is 5.73 Å². The summed E-state index contributed by atoms with van der Waals surface area (Å²) in [6.45, 7) is 1.93. The zero-order chi connectivity index (χ0) is 14.6. The third-order valence-corrected chi connectivity index (χ3v) is 4.56. The summed E-state index contributed by atoms with van der Waals surface area (Å²) < 4.78 is 27.3. The number of hydrogen-bond acceptors (Lipinski definition) is 4. The smallest absolute Gasteiger partial charge is 0.265 e. The minimum absolute atomic E-state index is 0.00528. The van der Waals surface area contributed by atoms with E-state index in [0.29, 0.717) is 13.0 Å². The average Bonchev–Trinajstić information content (AvgIpc) is 2.72. The van der Waals surface area contributed by atoms with E-state index in [4.69, 9.17) is 10.8 Å². The molecule has 0 saturated heterocycles. The fraction of sp³-hybridized carbons (Fsp3) is 0.545. The molecule has 1 aromatic rings. The first-order valence-electron chi connectivity index (χ1n) is 5.91. The van der Waals surface area contributed by atoms with Gasteiger partial charge in [0.05, 0.1) is 6.61 Å². The Bertz CT molecular complexity index is 544. The highest BCUT2D eigenvalue weighted by molar-refractivity contribution is 7.89. The summed E-state index contributed by atoms with van der Waals surface area (Å²) in [7, 11) is -2.16. The van der Waals surface area contributed by atoms with Gasteiger partial charge in [0.2, 0.25) is 10.0 Å². The van der Waals surface area contributed by atoms with Gasteiger partial charge in [0.25, 0.3) is 5.91 Å². The van der Waals surface area contributed by atoms with Crippen LogP contribution in [-0.4, -0.2) is 48.0 Å². The molecular weight excluding hydrogens is 270 g/mol. The fourth-order valence-corrected chi connectivity index (χ4v) is 3.38. The Labute approximate surface area is 112 Å². The molecule has 0 radical (unpaired) electrons. The van der Waals surface area contributed by atoms with Gasteiger partial charge in [0.15, 0.2) is 0 Å². The molecule has 3 N–H and O–H groups in total. The Morgan fingerprint density at radius 3 is 2.53 bits per heavy atom. The third-order valence-electron chi connectivity index (χ3n) is 2.69. The van der Waals surface area contributed by atoms with Crippen molar-refractivity contribution in [1.29, 1.82) is 0 Å². The van der Waals surface area contributed by atoms with Crippen LogP contribution in [0.4, 0.5) is 0 Å². The summed E-state index contributed by atoms with van der Waals surface area (Å²) in [5, 5.41) is 8.94. The Morgan fingerprint density at radius 1 is 1.47 bits per heavy atom. The molecule has 0 saturated carbocycles. The number of hydrogen-bond donors (Lipinski definition) is 2. The molecule has 1 heterocycles. The highest BCUT2D eigenvalue weighted by Gasteiger charge is 2.26. The molecular formula is C11H19N3O4S. The molecule has 1 aromatic heterocycles. The number of primary amides is 1. The monoisotopic (exact) mass is 289 g/mol. The van der Waals surface area contributed by atoms with E-state index >= 15 is 0 Å². The van der Waals surface area contributed by atoms with Crippen LogP contribution in [0.3, 0.4) is 0 Å². The van der Waals surface area contributed by atoms with Crippen molar-refractivity contribution in [3.63, 3.8) is 0 Å². The predicted molar refractivity (Wildman–Crippen MR) is 70.1 cm³/mol. The molecule has 0 aromatic carbocycles. The van der Waals surface area contributed by atoms with Gasteiger partial charge in [-0.25, -0.2) is 8.42 Å². The summed E-state index contributed by atoms with van der Waals surface area (Å²) in [4.78, 5) is 11.1. The zero-order valence-corrected chi connectivity index (χ0v) is 11.9. The quantitative estimate of drug-likeness (QED) is 0.707. The lowest BCUT2D eigenvalue weighted by molar-refractivity contribution is 0.0992. The van der Waals surface area contributed by atoms with Gasteiger partial charge >= 0.3 is 0 Å². The molecule has 7 nitrogen and oxygen atoms in total. The van der Waals surface area contributed by atoms with Crippen LogP contribution in [-0.2, 0) is 17.1 Å². The van der Waals surface area contributed by atoms with E-state index < -0.39 is 15.9 Å². The van der Waals surface area contributed by atoms with E-state index in [1.165, 1.54) is 21.1 Å². The van der Waals surface area contributed by atoms with E-state index in [2.05, 4.69) is 0 Å². The first kappa shape index (κ1) is 15.7. The number of amides is 1. The van der Waals surface area contributed by atoms with Crippen LogP contribution in [0.2, 0.25) is 0 Å². The highest BCUT2D eigenvalue weighted by Crippen LogP contribution is 2.18. The molecule has 108 valence electrons. The molecule has 1 amide bonds. The number of aromatic nitrogens is 1. The minimum Gasteiger partial charge on any atom is -0.395 e. The van der Waals surface area contributed by atoms with Crippen LogP contribution in [0, 0.1) is 0 Å². The van der Waals surface area contributed by atoms with Crippen LogP contribution in [0.15, 0.2) is 17.2 Å². The van der Waals surface area contributed by atoms with Crippen molar-refractivity contribution < 1.29 is 18.3 Å². The zero-order valence-electron chi connectivity index (χ0n) is 11.0. The lowest BCUT2D eigenvalue weighted by Gasteiger charge is -2.19.